The Morgan fingerprint density at radius 2 is 1.85 bits per heavy atom. The number of thiazole rings is 1. The van der Waals surface area contributed by atoms with E-state index in [0.717, 1.165) is 26.4 Å². The molecule has 6 heteroatoms. The highest BCUT2D eigenvalue weighted by molar-refractivity contribution is 7.89. The van der Waals surface area contributed by atoms with Crippen LogP contribution < -0.4 is 5.14 Å². The lowest BCUT2D eigenvalue weighted by Gasteiger charge is -2.00. The Morgan fingerprint density at radius 1 is 1.15 bits per heavy atom. The van der Waals surface area contributed by atoms with Crippen LogP contribution in [0.1, 0.15) is 5.56 Å². The summed E-state index contributed by atoms with van der Waals surface area (Å²) in [5.74, 6) is 0. The summed E-state index contributed by atoms with van der Waals surface area (Å²) in [6, 6.07) is 12.9. The number of benzene rings is 2. The third kappa shape index (κ3) is 2.33. The van der Waals surface area contributed by atoms with E-state index in [1.165, 1.54) is 11.3 Å². The molecule has 3 rings (SSSR count). The molecule has 0 fully saturated rings. The van der Waals surface area contributed by atoms with E-state index in [1.807, 2.05) is 37.3 Å². The van der Waals surface area contributed by atoms with Crippen molar-refractivity contribution in [3.63, 3.8) is 0 Å². The van der Waals surface area contributed by atoms with Gasteiger partial charge in [-0.3, -0.25) is 0 Å². The predicted molar refractivity (Wildman–Crippen MR) is 81.2 cm³/mol. The first-order chi connectivity index (χ1) is 9.45. The molecular formula is C14H12N2O2S2. The second kappa shape index (κ2) is 4.66. The fourth-order valence-electron chi connectivity index (χ4n) is 2.03. The van der Waals surface area contributed by atoms with E-state index in [0.29, 0.717) is 0 Å². The van der Waals surface area contributed by atoms with Crippen molar-refractivity contribution in [3.05, 3.63) is 48.0 Å². The van der Waals surface area contributed by atoms with Crippen LogP contribution in [0.4, 0.5) is 0 Å². The van der Waals surface area contributed by atoms with Crippen LogP contribution in [0.25, 0.3) is 20.8 Å². The van der Waals surface area contributed by atoms with Crippen molar-refractivity contribution in [1.82, 2.24) is 4.98 Å². The number of hydrogen-bond donors (Lipinski definition) is 1. The zero-order chi connectivity index (χ0) is 14.3. The molecule has 1 aromatic heterocycles. The molecule has 2 aromatic carbocycles. The number of rotatable bonds is 2. The molecule has 0 radical (unpaired) electrons. The fraction of sp³-hybridized carbons (Fsp3) is 0.0714. The minimum atomic E-state index is -3.69. The number of aromatic nitrogens is 1. The summed E-state index contributed by atoms with van der Waals surface area (Å²) in [5, 5.41) is 6.06. The lowest BCUT2D eigenvalue weighted by atomic mass is 10.2. The number of primary sulfonamides is 1. The maximum atomic E-state index is 11.5. The van der Waals surface area contributed by atoms with Crippen molar-refractivity contribution in [1.29, 1.82) is 0 Å². The third-order valence-corrected chi connectivity index (χ3v) is 4.95. The zero-order valence-corrected chi connectivity index (χ0v) is 12.3. The van der Waals surface area contributed by atoms with Crippen LogP contribution in [0.2, 0.25) is 0 Å². The highest BCUT2D eigenvalue weighted by Crippen LogP contribution is 2.33. The van der Waals surface area contributed by atoms with Crippen LogP contribution in [-0.4, -0.2) is 13.4 Å². The Hall–Kier alpha value is -1.76. The third-order valence-electron chi connectivity index (χ3n) is 3.01. The summed E-state index contributed by atoms with van der Waals surface area (Å²) in [7, 11) is -3.69. The van der Waals surface area contributed by atoms with E-state index >= 15 is 0 Å². The van der Waals surface area contributed by atoms with Crippen molar-refractivity contribution in [2.75, 3.05) is 0 Å². The second-order valence-electron chi connectivity index (χ2n) is 4.52. The smallest absolute Gasteiger partial charge is 0.236 e. The molecular weight excluding hydrogens is 292 g/mol. The minimum absolute atomic E-state index is 0.130. The summed E-state index contributed by atoms with van der Waals surface area (Å²) < 4.78 is 23.8. The maximum absolute atomic E-state index is 11.5. The molecule has 0 saturated heterocycles. The Morgan fingerprint density at radius 3 is 2.50 bits per heavy atom. The largest absolute Gasteiger partial charge is 0.238 e. The molecule has 0 amide bonds. The van der Waals surface area contributed by atoms with Crippen molar-refractivity contribution >= 4 is 31.6 Å². The van der Waals surface area contributed by atoms with Gasteiger partial charge in [-0.05, 0) is 24.6 Å². The highest BCUT2D eigenvalue weighted by atomic mass is 32.2. The van der Waals surface area contributed by atoms with E-state index in [2.05, 4.69) is 4.98 Å². The van der Waals surface area contributed by atoms with Gasteiger partial charge in [0, 0.05) is 5.56 Å². The average Bonchev–Trinajstić information content (AvgIpc) is 2.83. The monoisotopic (exact) mass is 304 g/mol. The van der Waals surface area contributed by atoms with Gasteiger partial charge in [0.2, 0.25) is 10.0 Å². The zero-order valence-electron chi connectivity index (χ0n) is 10.7. The highest BCUT2D eigenvalue weighted by Gasteiger charge is 2.14. The Labute approximate surface area is 120 Å². The van der Waals surface area contributed by atoms with Gasteiger partial charge in [-0.25, -0.2) is 18.5 Å². The first-order valence-electron chi connectivity index (χ1n) is 5.94. The molecule has 4 nitrogen and oxygen atoms in total. The summed E-state index contributed by atoms with van der Waals surface area (Å²) in [5.41, 5.74) is 2.65. The van der Waals surface area contributed by atoms with Gasteiger partial charge in [0.1, 0.15) is 5.01 Å². The van der Waals surface area contributed by atoms with Crippen molar-refractivity contribution in [2.45, 2.75) is 11.8 Å². The normalized spacial score (nSPS) is 11.9. The molecule has 20 heavy (non-hydrogen) atoms. The molecule has 0 aliphatic carbocycles. The van der Waals surface area contributed by atoms with Gasteiger partial charge in [-0.15, -0.1) is 11.3 Å². The first-order valence-corrected chi connectivity index (χ1v) is 8.31. The van der Waals surface area contributed by atoms with Crippen molar-refractivity contribution < 1.29 is 8.42 Å². The number of nitrogens with zero attached hydrogens (tertiary/aromatic N) is 1. The molecule has 0 saturated carbocycles. The molecule has 0 aliphatic rings. The Kier molecular flexibility index (Phi) is 3.08. The lowest BCUT2D eigenvalue weighted by Crippen LogP contribution is -2.12. The quantitative estimate of drug-likeness (QED) is 0.791. The van der Waals surface area contributed by atoms with Gasteiger partial charge in [-0.1, -0.05) is 30.3 Å². The van der Waals surface area contributed by atoms with E-state index in [1.54, 1.807) is 12.1 Å². The Balaban J connectivity index is 2.24. The van der Waals surface area contributed by atoms with Crippen LogP contribution in [0, 0.1) is 6.92 Å². The van der Waals surface area contributed by atoms with Crippen molar-refractivity contribution in [2.24, 2.45) is 5.14 Å². The van der Waals surface area contributed by atoms with Crippen LogP contribution in [-0.2, 0) is 10.0 Å². The Bertz CT molecular complexity index is 884. The maximum Gasteiger partial charge on any atom is 0.238 e. The molecule has 102 valence electrons. The molecule has 1 heterocycles. The summed E-state index contributed by atoms with van der Waals surface area (Å²) in [6.45, 7) is 1.84. The topological polar surface area (TPSA) is 73.1 Å². The predicted octanol–water partition coefficient (Wildman–Crippen LogP) is 2.92. The van der Waals surface area contributed by atoms with Crippen molar-refractivity contribution in [3.8, 4) is 10.6 Å². The average molecular weight is 304 g/mol. The van der Waals surface area contributed by atoms with Gasteiger partial charge in [0.25, 0.3) is 0 Å². The summed E-state index contributed by atoms with van der Waals surface area (Å²) in [6.07, 6.45) is 0. The number of hydrogen-bond acceptors (Lipinski definition) is 4. The number of fused-ring (bicyclic) bond motifs is 1. The van der Waals surface area contributed by atoms with E-state index in [4.69, 9.17) is 5.14 Å². The van der Waals surface area contributed by atoms with Gasteiger partial charge >= 0.3 is 0 Å². The molecule has 0 atom stereocenters. The number of nitrogens with two attached hydrogens (primary N) is 1. The van der Waals surface area contributed by atoms with E-state index in [-0.39, 0.29) is 4.90 Å². The van der Waals surface area contributed by atoms with Crippen LogP contribution in [0.15, 0.2) is 47.4 Å². The van der Waals surface area contributed by atoms with Gasteiger partial charge in [0.15, 0.2) is 0 Å². The second-order valence-corrected chi connectivity index (χ2v) is 7.11. The van der Waals surface area contributed by atoms with E-state index < -0.39 is 10.0 Å². The molecule has 0 aliphatic heterocycles. The van der Waals surface area contributed by atoms with Gasteiger partial charge < -0.3 is 0 Å². The summed E-state index contributed by atoms with van der Waals surface area (Å²) in [4.78, 5) is 4.72. The SMILES string of the molecule is Cc1cc(S(N)(=O)=O)cc2sc(-c3ccccc3)nc12. The first kappa shape index (κ1) is 13.2. The minimum Gasteiger partial charge on any atom is -0.236 e. The molecule has 3 aromatic rings. The number of aryl methyl sites for hydroxylation is 1. The van der Waals surface area contributed by atoms with Crippen LogP contribution >= 0.6 is 11.3 Å². The van der Waals surface area contributed by atoms with E-state index in [9.17, 15) is 8.42 Å². The van der Waals surface area contributed by atoms with Crippen LogP contribution in [0.5, 0.6) is 0 Å². The van der Waals surface area contributed by atoms with Crippen LogP contribution in [0.3, 0.4) is 0 Å². The fourth-order valence-corrected chi connectivity index (χ4v) is 3.82. The lowest BCUT2D eigenvalue weighted by molar-refractivity contribution is 0.598. The van der Waals surface area contributed by atoms with Gasteiger partial charge in [0.05, 0.1) is 15.1 Å². The molecule has 0 spiro atoms. The molecule has 0 bridgehead atoms. The van der Waals surface area contributed by atoms with Gasteiger partial charge in [-0.2, -0.15) is 0 Å². The standard InChI is InChI=1S/C14H12N2O2S2/c1-9-7-11(20(15,17)18)8-12-13(9)16-14(19-12)10-5-3-2-4-6-10/h2-8H,1H3,(H2,15,17,18). The molecule has 0 unspecified atom stereocenters. The number of sulfonamides is 1. The molecule has 2 N–H and O–H groups in total. The summed E-state index contributed by atoms with van der Waals surface area (Å²) >= 11 is 1.46.